The fourth-order valence-corrected chi connectivity index (χ4v) is 1.56. The van der Waals surface area contributed by atoms with Gasteiger partial charge in [0.25, 0.3) is 0 Å². The van der Waals surface area contributed by atoms with Crippen LogP contribution < -0.4 is 0 Å². The summed E-state index contributed by atoms with van der Waals surface area (Å²) in [7, 11) is 0. The van der Waals surface area contributed by atoms with Crippen molar-refractivity contribution in [2.45, 2.75) is 26.2 Å². The third-order valence-corrected chi connectivity index (χ3v) is 2.61. The number of aromatic hydroxyl groups is 2. The number of carbonyl (C=O) groups is 2. The van der Waals surface area contributed by atoms with Crippen molar-refractivity contribution in [2.75, 3.05) is 0 Å². The Kier molecular flexibility index (Phi) is 4.86. The zero-order valence-corrected chi connectivity index (χ0v) is 11.8. The second-order valence-corrected chi connectivity index (χ2v) is 5.42. The van der Waals surface area contributed by atoms with E-state index in [1.807, 2.05) is 20.8 Å². The standard InChI is InChI=1S/C10H14O2.C6H4O2/c1-10(2,3)8-6-7(11)4-5-9(8)12;7-5-1-2-6(8)4-3-5/h4-6,11-12H,1-3H3;1-4H. The third-order valence-electron chi connectivity index (χ3n) is 2.61. The summed E-state index contributed by atoms with van der Waals surface area (Å²) in [4.78, 5) is 20.6. The largest absolute Gasteiger partial charge is 0.508 e. The van der Waals surface area contributed by atoms with Crippen LogP contribution in [0, 0.1) is 0 Å². The molecule has 1 aromatic rings. The zero-order chi connectivity index (χ0) is 15.3. The van der Waals surface area contributed by atoms with Crippen LogP contribution in [0.1, 0.15) is 26.3 Å². The summed E-state index contributed by atoms with van der Waals surface area (Å²) in [5.74, 6) is 0.187. The van der Waals surface area contributed by atoms with Gasteiger partial charge in [-0.15, -0.1) is 0 Å². The fourth-order valence-electron chi connectivity index (χ4n) is 1.56. The molecule has 4 nitrogen and oxygen atoms in total. The first-order valence-corrected chi connectivity index (χ1v) is 6.16. The molecular weight excluding hydrogens is 256 g/mol. The molecule has 0 saturated heterocycles. The molecule has 0 unspecified atom stereocenters. The Bertz CT molecular complexity index is 537. The maximum atomic E-state index is 10.3. The van der Waals surface area contributed by atoms with E-state index >= 15 is 0 Å². The smallest absolute Gasteiger partial charge is 0.178 e. The van der Waals surface area contributed by atoms with Crippen LogP contribution in [0.25, 0.3) is 0 Å². The molecule has 106 valence electrons. The Balaban J connectivity index is 0.000000217. The predicted molar refractivity (Wildman–Crippen MR) is 76.8 cm³/mol. The molecule has 0 bridgehead atoms. The zero-order valence-electron chi connectivity index (χ0n) is 11.8. The highest BCUT2D eigenvalue weighted by Gasteiger charge is 2.17. The number of benzene rings is 1. The highest BCUT2D eigenvalue weighted by Crippen LogP contribution is 2.32. The summed E-state index contributed by atoms with van der Waals surface area (Å²) in [6.45, 7) is 5.96. The van der Waals surface area contributed by atoms with E-state index in [0.717, 1.165) is 5.56 Å². The van der Waals surface area contributed by atoms with Gasteiger partial charge in [0.05, 0.1) is 0 Å². The van der Waals surface area contributed by atoms with Gasteiger partial charge in [-0.3, -0.25) is 9.59 Å². The molecule has 0 fully saturated rings. The molecule has 4 heteroatoms. The van der Waals surface area contributed by atoms with Crippen LogP contribution in [0.15, 0.2) is 42.5 Å². The van der Waals surface area contributed by atoms with Crippen molar-refractivity contribution in [3.05, 3.63) is 48.1 Å². The number of hydrogen-bond acceptors (Lipinski definition) is 4. The van der Waals surface area contributed by atoms with E-state index in [1.54, 1.807) is 6.07 Å². The molecule has 0 amide bonds. The average Bonchev–Trinajstić information content (AvgIpc) is 2.35. The van der Waals surface area contributed by atoms with Crippen molar-refractivity contribution in [1.29, 1.82) is 0 Å². The second kappa shape index (κ2) is 6.19. The van der Waals surface area contributed by atoms with E-state index in [4.69, 9.17) is 0 Å². The quantitative estimate of drug-likeness (QED) is 0.563. The Hall–Kier alpha value is -2.36. The molecule has 20 heavy (non-hydrogen) atoms. The van der Waals surface area contributed by atoms with E-state index in [1.165, 1.54) is 36.4 Å². The Labute approximate surface area is 118 Å². The highest BCUT2D eigenvalue weighted by molar-refractivity contribution is 6.14. The lowest BCUT2D eigenvalue weighted by atomic mass is 9.86. The van der Waals surface area contributed by atoms with Gasteiger partial charge in [0.15, 0.2) is 11.6 Å². The van der Waals surface area contributed by atoms with Gasteiger partial charge in [0, 0.05) is 5.56 Å². The molecule has 0 radical (unpaired) electrons. The van der Waals surface area contributed by atoms with Crippen LogP contribution in [0.2, 0.25) is 0 Å². The summed E-state index contributed by atoms with van der Waals surface area (Å²) >= 11 is 0. The number of ketones is 2. The number of rotatable bonds is 0. The Morgan fingerprint density at radius 1 is 0.850 bits per heavy atom. The van der Waals surface area contributed by atoms with Crippen LogP contribution in [0.3, 0.4) is 0 Å². The molecule has 0 saturated carbocycles. The normalized spacial score (nSPS) is 13.9. The summed E-state index contributed by atoms with van der Waals surface area (Å²) in [5, 5.41) is 18.6. The fraction of sp³-hybridized carbons (Fsp3) is 0.250. The summed E-state index contributed by atoms with van der Waals surface area (Å²) in [5.41, 5.74) is 0.630. The minimum atomic E-state index is -0.136. The third kappa shape index (κ3) is 4.72. The Morgan fingerprint density at radius 3 is 1.65 bits per heavy atom. The molecule has 0 heterocycles. The number of hydrogen-bond donors (Lipinski definition) is 2. The lowest BCUT2D eigenvalue weighted by Gasteiger charge is -2.20. The SMILES string of the molecule is CC(C)(C)c1cc(O)ccc1O.O=C1C=CC(=O)C=C1. The summed E-state index contributed by atoms with van der Waals surface area (Å²) in [6, 6.07) is 4.58. The van der Waals surface area contributed by atoms with Gasteiger partial charge in [-0.05, 0) is 47.9 Å². The van der Waals surface area contributed by atoms with Crippen molar-refractivity contribution in [3.63, 3.8) is 0 Å². The van der Waals surface area contributed by atoms with Gasteiger partial charge < -0.3 is 10.2 Å². The number of allylic oxidation sites excluding steroid dienone is 4. The van der Waals surface area contributed by atoms with Crippen molar-refractivity contribution in [3.8, 4) is 11.5 Å². The summed E-state index contributed by atoms with van der Waals surface area (Å²) in [6.07, 6.45) is 5.01. The number of phenols is 2. The van der Waals surface area contributed by atoms with E-state index in [9.17, 15) is 19.8 Å². The van der Waals surface area contributed by atoms with E-state index in [2.05, 4.69) is 0 Å². The first kappa shape index (κ1) is 15.7. The van der Waals surface area contributed by atoms with Crippen molar-refractivity contribution >= 4 is 11.6 Å². The minimum Gasteiger partial charge on any atom is -0.508 e. The van der Waals surface area contributed by atoms with Gasteiger partial charge >= 0.3 is 0 Å². The van der Waals surface area contributed by atoms with Crippen LogP contribution in [0.4, 0.5) is 0 Å². The minimum absolute atomic E-state index is 0.121. The van der Waals surface area contributed by atoms with Crippen molar-refractivity contribution < 1.29 is 19.8 Å². The molecule has 1 aliphatic carbocycles. The lowest BCUT2D eigenvalue weighted by molar-refractivity contribution is -0.113. The molecule has 2 N–H and O–H groups in total. The van der Waals surface area contributed by atoms with E-state index in [0.29, 0.717) is 0 Å². The van der Waals surface area contributed by atoms with Gasteiger partial charge in [0.1, 0.15) is 11.5 Å². The van der Waals surface area contributed by atoms with Crippen LogP contribution in [-0.4, -0.2) is 21.8 Å². The van der Waals surface area contributed by atoms with Crippen LogP contribution in [0.5, 0.6) is 11.5 Å². The topological polar surface area (TPSA) is 74.6 Å². The van der Waals surface area contributed by atoms with Crippen molar-refractivity contribution in [2.24, 2.45) is 0 Å². The van der Waals surface area contributed by atoms with Gasteiger partial charge in [-0.1, -0.05) is 20.8 Å². The molecule has 1 aliphatic rings. The predicted octanol–water partition coefficient (Wildman–Crippen LogP) is 2.65. The lowest BCUT2D eigenvalue weighted by Crippen LogP contribution is -2.10. The van der Waals surface area contributed by atoms with Crippen LogP contribution >= 0.6 is 0 Å². The number of carbonyl (C=O) groups excluding carboxylic acids is 2. The molecular formula is C16H18O4. The first-order valence-electron chi connectivity index (χ1n) is 6.16. The van der Waals surface area contributed by atoms with Gasteiger partial charge in [-0.25, -0.2) is 0 Å². The monoisotopic (exact) mass is 274 g/mol. The van der Waals surface area contributed by atoms with E-state index < -0.39 is 0 Å². The highest BCUT2D eigenvalue weighted by atomic mass is 16.3. The van der Waals surface area contributed by atoms with Crippen LogP contribution in [-0.2, 0) is 15.0 Å². The molecule has 0 spiro atoms. The molecule has 0 aromatic heterocycles. The van der Waals surface area contributed by atoms with E-state index in [-0.39, 0.29) is 28.5 Å². The maximum Gasteiger partial charge on any atom is 0.178 e. The second-order valence-electron chi connectivity index (χ2n) is 5.42. The Morgan fingerprint density at radius 2 is 1.30 bits per heavy atom. The molecule has 1 aromatic carbocycles. The van der Waals surface area contributed by atoms with Crippen molar-refractivity contribution in [1.82, 2.24) is 0 Å². The molecule has 0 aliphatic heterocycles. The first-order chi connectivity index (χ1) is 9.20. The van der Waals surface area contributed by atoms with Gasteiger partial charge in [0.2, 0.25) is 0 Å². The molecule has 2 rings (SSSR count). The molecule has 0 atom stereocenters. The average molecular weight is 274 g/mol. The van der Waals surface area contributed by atoms with Gasteiger partial charge in [-0.2, -0.15) is 0 Å². The maximum absolute atomic E-state index is 10.3. The number of phenolic OH excluding ortho intramolecular Hbond substituents is 2. The summed E-state index contributed by atoms with van der Waals surface area (Å²) < 4.78 is 0.